The molecular weight excluding hydrogens is 326 g/mol. The summed E-state index contributed by atoms with van der Waals surface area (Å²) in [5.74, 6) is 0.642. The summed E-state index contributed by atoms with van der Waals surface area (Å²) in [7, 11) is 0. The number of benzene rings is 2. The number of carbonyl (C=O) groups is 1. The molecule has 126 valence electrons. The van der Waals surface area contributed by atoms with Crippen LogP contribution < -0.4 is 10.1 Å². The molecule has 1 aliphatic rings. The molecule has 1 heterocycles. The monoisotopic (exact) mass is 345 g/mol. The van der Waals surface area contributed by atoms with Gasteiger partial charge in [-0.25, -0.2) is 0 Å². The lowest BCUT2D eigenvalue weighted by Crippen LogP contribution is -2.32. The predicted octanol–water partition coefficient (Wildman–Crippen LogP) is 3.00. The van der Waals surface area contributed by atoms with Crippen molar-refractivity contribution >= 4 is 17.5 Å². The molecule has 0 aromatic heterocycles. The summed E-state index contributed by atoms with van der Waals surface area (Å²) in [4.78, 5) is 12.0. The average molecular weight is 346 g/mol. The van der Waals surface area contributed by atoms with E-state index in [0.29, 0.717) is 5.56 Å². The van der Waals surface area contributed by atoms with Gasteiger partial charge in [-0.3, -0.25) is 4.79 Å². The van der Waals surface area contributed by atoms with Crippen LogP contribution in [0.3, 0.4) is 0 Å². The Balaban J connectivity index is 1.73. The fourth-order valence-corrected chi connectivity index (χ4v) is 3.19. The Kier molecular flexibility index (Phi) is 4.78. The number of ether oxygens (including phenoxy) is 1. The molecule has 2 N–H and O–H groups in total. The Bertz CT molecular complexity index is 745. The number of hydrogen-bond acceptors (Lipinski definition) is 3. The van der Waals surface area contributed by atoms with Gasteiger partial charge >= 0.3 is 0 Å². The Morgan fingerprint density at radius 2 is 2.04 bits per heavy atom. The molecule has 0 bridgehead atoms. The van der Waals surface area contributed by atoms with E-state index < -0.39 is 0 Å². The average Bonchev–Trinajstić information content (AvgIpc) is 2.89. The first-order chi connectivity index (χ1) is 11.5. The van der Waals surface area contributed by atoms with Crippen molar-refractivity contribution in [2.45, 2.75) is 25.4 Å². The van der Waals surface area contributed by atoms with E-state index in [1.54, 1.807) is 6.07 Å². The Labute approximate surface area is 146 Å². The number of amides is 1. The molecule has 0 spiro atoms. The molecule has 0 fully saturated rings. The minimum atomic E-state index is -0.337. The van der Waals surface area contributed by atoms with Crippen LogP contribution in [0.4, 0.5) is 0 Å². The number of halogens is 1. The summed E-state index contributed by atoms with van der Waals surface area (Å²) in [6.45, 7) is 2.26. The third-order valence-electron chi connectivity index (χ3n) is 4.13. The number of hydrogen-bond donors (Lipinski definition) is 2. The third-order valence-corrected chi connectivity index (χ3v) is 4.38. The second-order valence-corrected chi connectivity index (χ2v) is 6.77. The highest BCUT2D eigenvalue weighted by atomic mass is 35.5. The zero-order valence-electron chi connectivity index (χ0n) is 13.5. The fourth-order valence-electron chi connectivity index (χ4n) is 3.07. The van der Waals surface area contributed by atoms with Gasteiger partial charge in [-0.05, 0) is 48.4 Å². The minimum absolute atomic E-state index is 0.0705. The van der Waals surface area contributed by atoms with Crippen LogP contribution in [-0.4, -0.2) is 29.8 Å². The standard InChI is InChI=1S/C19H20ClNO3/c1-19(11-13-2-5-16(20)6-3-13)12-15-10-14(4-7-17(15)24-19)18(23)21-8-9-22/h2-7,10,22H,8-9,11-12H2,1H3,(H,21,23)/t19-/m1/s1. The van der Waals surface area contributed by atoms with E-state index in [1.165, 1.54) is 0 Å². The van der Waals surface area contributed by atoms with Crippen LogP contribution in [0.2, 0.25) is 5.02 Å². The van der Waals surface area contributed by atoms with Gasteiger partial charge in [0.05, 0.1) is 6.61 Å². The van der Waals surface area contributed by atoms with E-state index in [1.807, 2.05) is 36.4 Å². The maximum absolute atomic E-state index is 12.0. The van der Waals surface area contributed by atoms with Crippen LogP contribution in [0.25, 0.3) is 0 Å². The quantitative estimate of drug-likeness (QED) is 0.875. The molecule has 3 rings (SSSR count). The van der Waals surface area contributed by atoms with Gasteiger partial charge in [-0.1, -0.05) is 23.7 Å². The number of aliphatic hydroxyl groups is 1. The Morgan fingerprint density at radius 1 is 1.29 bits per heavy atom. The lowest BCUT2D eigenvalue weighted by molar-refractivity contribution is 0.0944. The van der Waals surface area contributed by atoms with E-state index in [4.69, 9.17) is 21.4 Å². The van der Waals surface area contributed by atoms with Gasteiger partial charge in [0.15, 0.2) is 0 Å². The first kappa shape index (κ1) is 16.8. The highest BCUT2D eigenvalue weighted by Crippen LogP contribution is 2.37. The van der Waals surface area contributed by atoms with Crippen molar-refractivity contribution in [3.8, 4) is 5.75 Å². The number of rotatable bonds is 5. The van der Waals surface area contributed by atoms with Crippen LogP contribution in [-0.2, 0) is 12.8 Å². The second kappa shape index (κ2) is 6.83. The molecule has 0 aliphatic carbocycles. The molecule has 24 heavy (non-hydrogen) atoms. The van der Waals surface area contributed by atoms with Crippen molar-refractivity contribution in [2.75, 3.05) is 13.2 Å². The van der Waals surface area contributed by atoms with E-state index in [9.17, 15) is 4.79 Å². The molecule has 0 saturated heterocycles. The second-order valence-electron chi connectivity index (χ2n) is 6.33. The molecule has 0 radical (unpaired) electrons. The Hall–Kier alpha value is -2.04. The zero-order valence-corrected chi connectivity index (χ0v) is 14.3. The van der Waals surface area contributed by atoms with Gasteiger partial charge in [0, 0.05) is 30.0 Å². The van der Waals surface area contributed by atoms with Crippen LogP contribution in [0, 0.1) is 0 Å². The topological polar surface area (TPSA) is 58.6 Å². The summed E-state index contributed by atoms with van der Waals surface area (Å²) in [6, 6.07) is 13.2. The highest BCUT2D eigenvalue weighted by molar-refractivity contribution is 6.30. The smallest absolute Gasteiger partial charge is 0.251 e. The molecule has 2 aromatic rings. The highest BCUT2D eigenvalue weighted by Gasteiger charge is 2.35. The van der Waals surface area contributed by atoms with Crippen LogP contribution in [0.15, 0.2) is 42.5 Å². The molecule has 1 atom stereocenters. The van der Waals surface area contributed by atoms with Crippen LogP contribution >= 0.6 is 11.6 Å². The van der Waals surface area contributed by atoms with Crippen molar-refractivity contribution in [3.63, 3.8) is 0 Å². The van der Waals surface area contributed by atoms with Gasteiger partial charge in [-0.2, -0.15) is 0 Å². The van der Waals surface area contributed by atoms with Crippen LogP contribution in [0.1, 0.15) is 28.4 Å². The number of aliphatic hydroxyl groups excluding tert-OH is 1. The van der Waals surface area contributed by atoms with Gasteiger partial charge in [0.2, 0.25) is 0 Å². The molecule has 5 heteroatoms. The molecule has 2 aromatic carbocycles. The van der Waals surface area contributed by atoms with Crippen molar-refractivity contribution < 1.29 is 14.6 Å². The van der Waals surface area contributed by atoms with Crippen molar-refractivity contribution in [3.05, 3.63) is 64.2 Å². The molecule has 0 saturated carbocycles. The van der Waals surface area contributed by atoms with E-state index >= 15 is 0 Å². The maximum atomic E-state index is 12.0. The maximum Gasteiger partial charge on any atom is 0.251 e. The SMILES string of the molecule is C[C@@]1(Cc2ccc(Cl)cc2)Cc2cc(C(=O)NCCO)ccc2O1. The van der Waals surface area contributed by atoms with Gasteiger partial charge in [0.1, 0.15) is 11.4 Å². The molecule has 1 aliphatic heterocycles. The Morgan fingerprint density at radius 3 is 2.75 bits per heavy atom. The number of carbonyl (C=O) groups excluding carboxylic acids is 1. The lowest BCUT2D eigenvalue weighted by atomic mass is 9.91. The summed E-state index contributed by atoms with van der Waals surface area (Å²) in [5.41, 5.74) is 2.44. The third kappa shape index (κ3) is 3.71. The van der Waals surface area contributed by atoms with Crippen molar-refractivity contribution in [1.29, 1.82) is 0 Å². The minimum Gasteiger partial charge on any atom is -0.487 e. The van der Waals surface area contributed by atoms with Crippen molar-refractivity contribution in [2.24, 2.45) is 0 Å². The lowest BCUT2D eigenvalue weighted by Gasteiger charge is -2.24. The van der Waals surface area contributed by atoms with Gasteiger partial charge in [0.25, 0.3) is 5.91 Å². The number of nitrogens with one attached hydrogen (secondary N) is 1. The summed E-state index contributed by atoms with van der Waals surface area (Å²) < 4.78 is 6.14. The molecular formula is C19H20ClNO3. The summed E-state index contributed by atoms with van der Waals surface area (Å²) >= 11 is 5.93. The summed E-state index contributed by atoms with van der Waals surface area (Å²) in [6.07, 6.45) is 1.51. The van der Waals surface area contributed by atoms with E-state index in [-0.39, 0.29) is 24.7 Å². The van der Waals surface area contributed by atoms with E-state index in [2.05, 4.69) is 12.2 Å². The van der Waals surface area contributed by atoms with Crippen LogP contribution in [0.5, 0.6) is 5.75 Å². The predicted molar refractivity (Wildman–Crippen MR) is 93.8 cm³/mol. The van der Waals surface area contributed by atoms with Gasteiger partial charge < -0.3 is 15.2 Å². The van der Waals surface area contributed by atoms with Crippen molar-refractivity contribution in [1.82, 2.24) is 5.32 Å². The zero-order chi connectivity index (χ0) is 17.2. The molecule has 1 amide bonds. The normalized spacial score (nSPS) is 18.8. The molecule has 4 nitrogen and oxygen atoms in total. The first-order valence-corrected chi connectivity index (χ1v) is 8.32. The number of fused-ring (bicyclic) bond motifs is 1. The van der Waals surface area contributed by atoms with Gasteiger partial charge in [-0.15, -0.1) is 0 Å². The van der Waals surface area contributed by atoms with E-state index in [0.717, 1.165) is 34.7 Å². The summed E-state index contributed by atoms with van der Waals surface area (Å²) in [5, 5.41) is 12.2. The largest absolute Gasteiger partial charge is 0.487 e. The molecule has 0 unspecified atom stereocenters. The first-order valence-electron chi connectivity index (χ1n) is 7.94. The fraction of sp³-hybridized carbons (Fsp3) is 0.316.